The molecule has 0 bridgehead atoms. The van der Waals surface area contributed by atoms with Gasteiger partial charge in [0.05, 0.1) is 12.2 Å². The van der Waals surface area contributed by atoms with Gasteiger partial charge >= 0.3 is 18.3 Å². The molecular weight excluding hydrogens is 392 g/mol. The number of thioether (sulfide) groups is 1. The number of aliphatic imine (C=N–C) groups is 1. The molecular formula is C14H18F4N6O2S. The molecule has 1 aromatic heterocycles. The molecule has 0 aliphatic heterocycles. The number of alkyl halides is 4. The van der Waals surface area contributed by atoms with Crippen molar-refractivity contribution < 1.29 is 27.1 Å². The van der Waals surface area contributed by atoms with Crippen LogP contribution in [-0.2, 0) is 9.53 Å². The van der Waals surface area contributed by atoms with Gasteiger partial charge in [-0.25, -0.2) is 23.7 Å². The summed E-state index contributed by atoms with van der Waals surface area (Å²) in [5.74, 6) is -5.07. The minimum atomic E-state index is -4.28. The molecule has 1 rings (SSSR count). The smallest absolute Gasteiger partial charge is 0.326 e. The van der Waals surface area contributed by atoms with Crippen LogP contribution in [0.25, 0.3) is 0 Å². The third kappa shape index (κ3) is 8.66. The largest absolute Gasteiger partial charge is 0.469 e. The fourth-order valence-electron chi connectivity index (χ4n) is 1.55. The van der Waals surface area contributed by atoms with E-state index in [1.54, 1.807) is 0 Å². The number of guanidine groups is 1. The summed E-state index contributed by atoms with van der Waals surface area (Å²) >= 11 is 0.935. The number of carbonyl (C=O) groups excluding carboxylic acids is 1. The van der Waals surface area contributed by atoms with Crippen LogP contribution < -0.4 is 11.1 Å². The standard InChI is InChI=1S/C14H18F4N6O2S/c1-26-10(25)4-2-3-8(19)27-13-21-6-5-9(24-13)23-12(20)22-7-14(17,18)11(15)16/h5-6,11,19H,2-4,7H2,1H3,(H3,20,21,22,23,24). The highest BCUT2D eigenvalue weighted by molar-refractivity contribution is 8.13. The molecule has 8 nitrogen and oxygen atoms in total. The van der Waals surface area contributed by atoms with E-state index in [-0.39, 0.29) is 28.4 Å². The molecule has 0 aromatic carbocycles. The summed E-state index contributed by atoms with van der Waals surface area (Å²) in [6, 6.07) is 1.36. The topological polar surface area (TPSA) is 126 Å². The lowest BCUT2D eigenvalue weighted by atomic mass is 10.2. The van der Waals surface area contributed by atoms with Crippen LogP contribution in [0.5, 0.6) is 0 Å². The molecule has 1 heterocycles. The van der Waals surface area contributed by atoms with Crippen LogP contribution >= 0.6 is 11.8 Å². The number of aromatic nitrogens is 2. The van der Waals surface area contributed by atoms with Crippen LogP contribution in [0.15, 0.2) is 22.4 Å². The molecule has 0 aliphatic rings. The number of ether oxygens (including phenoxy) is 1. The molecule has 0 amide bonds. The number of hydrogen-bond acceptors (Lipinski definition) is 7. The average Bonchev–Trinajstić information content (AvgIpc) is 2.60. The van der Waals surface area contributed by atoms with E-state index in [4.69, 9.17) is 11.1 Å². The van der Waals surface area contributed by atoms with Gasteiger partial charge in [-0.05, 0) is 30.7 Å². The van der Waals surface area contributed by atoms with Gasteiger partial charge < -0.3 is 15.8 Å². The Kier molecular flexibility index (Phi) is 8.91. The second-order valence-corrected chi connectivity index (χ2v) is 6.13. The Morgan fingerprint density at radius 3 is 2.81 bits per heavy atom. The third-order valence-corrected chi connectivity index (χ3v) is 3.73. The Hall–Kier alpha value is -2.44. The second-order valence-electron chi connectivity index (χ2n) is 5.07. The van der Waals surface area contributed by atoms with Crippen molar-refractivity contribution in [3.8, 4) is 0 Å². The van der Waals surface area contributed by atoms with Crippen LogP contribution in [0, 0.1) is 5.41 Å². The molecule has 0 saturated carbocycles. The fraction of sp³-hybridized carbons (Fsp3) is 0.500. The van der Waals surface area contributed by atoms with Gasteiger partial charge in [0.25, 0.3) is 0 Å². The zero-order valence-electron chi connectivity index (χ0n) is 14.2. The van der Waals surface area contributed by atoms with Gasteiger partial charge in [0.15, 0.2) is 11.1 Å². The zero-order chi connectivity index (χ0) is 20.4. The maximum Gasteiger partial charge on any atom is 0.326 e. The SMILES string of the molecule is COC(=O)CCCC(=N)Sc1nccc(NC(N)=NCC(F)(F)C(F)F)n1. The van der Waals surface area contributed by atoms with Crippen molar-refractivity contribution in [1.29, 1.82) is 5.41 Å². The molecule has 4 N–H and O–H groups in total. The summed E-state index contributed by atoms with van der Waals surface area (Å²) in [5.41, 5.74) is 5.38. The lowest BCUT2D eigenvalue weighted by Gasteiger charge is -2.12. The van der Waals surface area contributed by atoms with Crippen molar-refractivity contribution in [1.82, 2.24) is 9.97 Å². The molecule has 1 aromatic rings. The first-order valence-corrected chi connectivity index (χ1v) is 8.33. The Balaban J connectivity index is 2.58. The zero-order valence-corrected chi connectivity index (χ0v) is 15.0. The summed E-state index contributed by atoms with van der Waals surface area (Å²) in [6.45, 7) is -1.47. The van der Waals surface area contributed by atoms with Gasteiger partial charge in [-0.2, -0.15) is 8.78 Å². The molecule has 13 heteroatoms. The maximum absolute atomic E-state index is 12.8. The fourth-order valence-corrected chi connectivity index (χ4v) is 2.27. The van der Waals surface area contributed by atoms with Gasteiger partial charge in [0.2, 0.25) is 0 Å². The number of nitrogens with zero attached hydrogens (tertiary/aromatic N) is 3. The minimum absolute atomic E-state index is 0.0940. The lowest BCUT2D eigenvalue weighted by molar-refractivity contribution is -0.140. The van der Waals surface area contributed by atoms with Crippen LogP contribution in [-0.4, -0.2) is 52.9 Å². The number of rotatable bonds is 9. The Morgan fingerprint density at radius 1 is 1.48 bits per heavy atom. The van der Waals surface area contributed by atoms with Crippen molar-refractivity contribution in [2.75, 3.05) is 19.0 Å². The maximum atomic E-state index is 12.8. The second kappa shape index (κ2) is 10.6. The van der Waals surface area contributed by atoms with E-state index in [1.807, 2.05) is 0 Å². The number of nitrogens with one attached hydrogen (secondary N) is 2. The van der Waals surface area contributed by atoms with E-state index in [0.29, 0.717) is 12.8 Å². The van der Waals surface area contributed by atoms with Crippen molar-refractivity contribution in [2.24, 2.45) is 10.7 Å². The van der Waals surface area contributed by atoms with Crippen molar-refractivity contribution in [3.63, 3.8) is 0 Å². The Morgan fingerprint density at radius 2 is 2.19 bits per heavy atom. The summed E-state index contributed by atoms with van der Waals surface area (Å²) < 4.78 is 54.2. The number of halogens is 4. The van der Waals surface area contributed by atoms with Crippen LogP contribution in [0.3, 0.4) is 0 Å². The van der Waals surface area contributed by atoms with Gasteiger partial charge in [-0.15, -0.1) is 0 Å². The molecule has 0 atom stereocenters. The van der Waals surface area contributed by atoms with Crippen molar-refractivity contribution in [2.45, 2.75) is 36.8 Å². The van der Waals surface area contributed by atoms with E-state index in [0.717, 1.165) is 11.8 Å². The van der Waals surface area contributed by atoms with E-state index in [1.165, 1.54) is 19.4 Å². The molecule has 0 aliphatic carbocycles. The number of methoxy groups -OCH3 is 1. The van der Waals surface area contributed by atoms with Crippen molar-refractivity contribution >= 4 is 34.6 Å². The minimum Gasteiger partial charge on any atom is -0.469 e. The van der Waals surface area contributed by atoms with E-state index in [2.05, 4.69) is 25.0 Å². The normalized spacial score (nSPS) is 12.1. The number of nitrogens with two attached hydrogens (primary N) is 1. The van der Waals surface area contributed by atoms with Crippen LogP contribution in [0.4, 0.5) is 23.4 Å². The third-order valence-electron chi connectivity index (χ3n) is 2.90. The molecule has 0 spiro atoms. The predicted octanol–water partition coefficient (Wildman–Crippen LogP) is 2.52. The Bertz CT molecular complexity index is 689. The monoisotopic (exact) mass is 410 g/mol. The quantitative estimate of drug-likeness (QED) is 0.143. The van der Waals surface area contributed by atoms with E-state index in [9.17, 15) is 22.4 Å². The molecule has 0 saturated heterocycles. The first-order chi connectivity index (χ1) is 12.6. The number of esters is 1. The highest BCUT2D eigenvalue weighted by atomic mass is 32.2. The first kappa shape index (κ1) is 22.6. The lowest BCUT2D eigenvalue weighted by Crippen LogP contribution is -2.33. The van der Waals surface area contributed by atoms with Crippen molar-refractivity contribution in [3.05, 3.63) is 12.3 Å². The van der Waals surface area contributed by atoms with Crippen LogP contribution in [0.1, 0.15) is 19.3 Å². The molecule has 27 heavy (non-hydrogen) atoms. The van der Waals surface area contributed by atoms with Gasteiger partial charge in [0.1, 0.15) is 12.4 Å². The first-order valence-electron chi connectivity index (χ1n) is 7.52. The summed E-state index contributed by atoms with van der Waals surface area (Å²) in [4.78, 5) is 22.1. The van der Waals surface area contributed by atoms with Gasteiger partial charge in [0, 0.05) is 12.6 Å². The van der Waals surface area contributed by atoms with E-state index >= 15 is 0 Å². The highest BCUT2D eigenvalue weighted by Gasteiger charge is 2.40. The summed E-state index contributed by atoms with van der Waals surface area (Å²) in [6.07, 6.45) is -1.60. The average molecular weight is 410 g/mol. The number of hydrogen-bond donors (Lipinski definition) is 3. The summed E-state index contributed by atoms with van der Waals surface area (Å²) in [5, 5.41) is 10.6. The molecule has 0 unspecified atom stereocenters. The molecule has 150 valence electrons. The Labute approximate surface area is 156 Å². The predicted molar refractivity (Wildman–Crippen MR) is 92.5 cm³/mol. The van der Waals surface area contributed by atoms with Gasteiger partial charge in [-0.3, -0.25) is 10.2 Å². The highest BCUT2D eigenvalue weighted by Crippen LogP contribution is 2.23. The number of carbonyl (C=O) groups is 1. The molecule has 0 fully saturated rings. The van der Waals surface area contributed by atoms with E-state index < -0.39 is 24.9 Å². The molecule has 0 radical (unpaired) electrons. The van der Waals surface area contributed by atoms with Gasteiger partial charge in [-0.1, -0.05) is 0 Å². The van der Waals surface area contributed by atoms with Crippen LogP contribution in [0.2, 0.25) is 0 Å². The number of anilines is 1. The summed E-state index contributed by atoms with van der Waals surface area (Å²) in [7, 11) is 1.28.